The predicted molar refractivity (Wildman–Crippen MR) is 53.5 cm³/mol. The molecule has 3 nitrogen and oxygen atoms in total. The Morgan fingerprint density at radius 1 is 1.41 bits per heavy atom. The number of hydrogen-bond donors (Lipinski definition) is 0. The number of rotatable bonds is 3. The average molecular weight is 267 g/mol. The molecule has 0 radical (unpaired) electrons. The first kappa shape index (κ1) is 13.5. The monoisotopic (exact) mass is 266 g/mol. The van der Waals surface area contributed by atoms with Crippen LogP contribution in [-0.2, 0) is 0 Å². The molecule has 0 aliphatic heterocycles. The lowest BCUT2D eigenvalue weighted by molar-refractivity contribution is -0.274. The summed E-state index contributed by atoms with van der Waals surface area (Å²) in [4.78, 5) is 21.8. The zero-order valence-corrected chi connectivity index (χ0v) is 9.22. The highest BCUT2D eigenvalue weighted by Crippen LogP contribution is 2.30. The van der Waals surface area contributed by atoms with Crippen LogP contribution in [0.25, 0.3) is 0 Å². The normalized spacial score (nSPS) is 11.1. The first-order valence-electron chi connectivity index (χ1n) is 4.30. The number of ether oxygens (including phenoxy) is 1. The maximum atomic E-state index is 11.9. The van der Waals surface area contributed by atoms with Gasteiger partial charge < -0.3 is 4.74 Å². The summed E-state index contributed by atoms with van der Waals surface area (Å²) in [6, 6.07) is 1.64. The van der Waals surface area contributed by atoms with Crippen LogP contribution in [0.4, 0.5) is 13.2 Å². The molecule has 0 aromatic heterocycles. The number of aldehydes is 1. The molecular formula is C10H6ClF3O3. The van der Waals surface area contributed by atoms with Crippen LogP contribution in [0.2, 0.25) is 5.02 Å². The second-order valence-corrected chi connectivity index (χ2v) is 3.50. The highest BCUT2D eigenvalue weighted by Gasteiger charge is 2.31. The van der Waals surface area contributed by atoms with E-state index < -0.39 is 17.9 Å². The van der Waals surface area contributed by atoms with E-state index >= 15 is 0 Å². The molecule has 0 bridgehead atoms. The van der Waals surface area contributed by atoms with E-state index in [-0.39, 0.29) is 22.4 Å². The minimum absolute atomic E-state index is 0.129. The van der Waals surface area contributed by atoms with Gasteiger partial charge in [0, 0.05) is 11.1 Å². The van der Waals surface area contributed by atoms with Crippen LogP contribution in [0.1, 0.15) is 27.6 Å². The van der Waals surface area contributed by atoms with Gasteiger partial charge in [0.15, 0.2) is 12.1 Å². The first-order chi connectivity index (χ1) is 7.74. The molecule has 92 valence electrons. The molecule has 0 N–H and O–H groups in total. The number of Topliss-reactive ketones (excluding diaryl/α,β-unsaturated/α-hetero) is 1. The Balaban J connectivity index is 3.27. The van der Waals surface area contributed by atoms with Crippen LogP contribution in [0, 0.1) is 0 Å². The van der Waals surface area contributed by atoms with Gasteiger partial charge in [-0.15, -0.1) is 13.2 Å². The zero-order valence-electron chi connectivity index (χ0n) is 8.47. The molecule has 0 unspecified atom stereocenters. The third-order valence-corrected chi connectivity index (χ3v) is 2.10. The van der Waals surface area contributed by atoms with Crippen LogP contribution in [0.5, 0.6) is 5.75 Å². The fourth-order valence-electron chi connectivity index (χ4n) is 1.26. The Bertz CT molecular complexity index is 469. The Kier molecular flexibility index (Phi) is 3.77. The Morgan fingerprint density at radius 2 is 2.00 bits per heavy atom. The minimum Gasteiger partial charge on any atom is -0.406 e. The third kappa shape index (κ3) is 3.45. The molecule has 0 amide bonds. The average Bonchev–Trinajstić information content (AvgIpc) is 2.12. The third-order valence-electron chi connectivity index (χ3n) is 1.81. The molecule has 0 saturated carbocycles. The van der Waals surface area contributed by atoms with Crippen LogP contribution in [0.3, 0.4) is 0 Å². The first-order valence-corrected chi connectivity index (χ1v) is 4.68. The summed E-state index contributed by atoms with van der Waals surface area (Å²) in [5, 5.41) is -0.263. The smallest absolute Gasteiger partial charge is 0.406 e. The fourth-order valence-corrected chi connectivity index (χ4v) is 1.61. The van der Waals surface area contributed by atoms with Crippen molar-refractivity contribution in [3.8, 4) is 5.75 Å². The number of carbonyl (C=O) groups excluding carboxylic acids is 2. The lowest BCUT2D eigenvalue weighted by Crippen LogP contribution is -2.17. The quantitative estimate of drug-likeness (QED) is 0.623. The van der Waals surface area contributed by atoms with Crippen molar-refractivity contribution in [2.45, 2.75) is 13.3 Å². The summed E-state index contributed by atoms with van der Waals surface area (Å²) in [7, 11) is 0. The van der Waals surface area contributed by atoms with Crippen LogP contribution >= 0.6 is 11.6 Å². The Labute approximate surface area is 99.1 Å². The van der Waals surface area contributed by atoms with Gasteiger partial charge in [0.25, 0.3) is 0 Å². The van der Waals surface area contributed by atoms with Gasteiger partial charge in [-0.2, -0.15) is 0 Å². The number of carbonyl (C=O) groups is 2. The van der Waals surface area contributed by atoms with Crippen molar-refractivity contribution in [2.75, 3.05) is 0 Å². The SMILES string of the molecule is CC(=O)c1c(Cl)cc(OC(F)(F)F)cc1C=O. The van der Waals surface area contributed by atoms with Gasteiger partial charge in [-0.05, 0) is 19.1 Å². The molecule has 0 heterocycles. The van der Waals surface area contributed by atoms with E-state index in [1.165, 1.54) is 0 Å². The van der Waals surface area contributed by atoms with Crippen molar-refractivity contribution >= 4 is 23.7 Å². The molecule has 0 spiro atoms. The number of benzene rings is 1. The lowest BCUT2D eigenvalue weighted by atomic mass is 10.0. The molecule has 1 aromatic carbocycles. The standard InChI is InChI=1S/C10H6ClF3O3/c1-5(16)9-6(4-15)2-7(3-8(9)11)17-10(12,13)14/h2-4H,1H3. The van der Waals surface area contributed by atoms with Gasteiger partial charge in [-0.1, -0.05) is 11.6 Å². The van der Waals surface area contributed by atoms with Gasteiger partial charge in [-0.25, -0.2) is 0 Å². The van der Waals surface area contributed by atoms with Crippen LogP contribution in [0.15, 0.2) is 12.1 Å². The summed E-state index contributed by atoms with van der Waals surface area (Å²) < 4.78 is 39.4. The molecule has 1 aromatic rings. The predicted octanol–water partition coefficient (Wildman–Crippen LogP) is 3.25. The van der Waals surface area contributed by atoms with Gasteiger partial charge >= 0.3 is 6.36 Å². The van der Waals surface area contributed by atoms with Crippen LogP contribution in [-0.4, -0.2) is 18.4 Å². The Morgan fingerprint density at radius 3 is 2.41 bits per heavy atom. The molecule has 0 saturated heterocycles. The largest absolute Gasteiger partial charge is 0.573 e. The molecule has 17 heavy (non-hydrogen) atoms. The van der Waals surface area contributed by atoms with Gasteiger partial charge in [0.2, 0.25) is 0 Å². The minimum atomic E-state index is -4.89. The second-order valence-electron chi connectivity index (χ2n) is 3.09. The van der Waals surface area contributed by atoms with Crippen molar-refractivity contribution in [3.63, 3.8) is 0 Å². The van der Waals surface area contributed by atoms with Gasteiger partial charge in [0.1, 0.15) is 5.75 Å². The molecule has 0 atom stereocenters. The Hall–Kier alpha value is -1.56. The maximum absolute atomic E-state index is 11.9. The zero-order chi connectivity index (χ0) is 13.2. The molecule has 1 rings (SSSR count). The molecule has 0 aliphatic rings. The molecular weight excluding hydrogens is 261 g/mol. The topological polar surface area (TPSA) is 43.4 Å². The highest BCUT2D eigenvalue weighted by molar-refractivity contribution is 6.34. The van der Waals surface area contributed by atoms with E-state index in [4.69, 9.17) is 11.6 Å². The van der Waals surface area contributed by atoms with Crippen molar-refractivity contribution in [3.05, 3.63) is 28.3 Å². The number of hydrogen-bond acceptors (Lipinski definition) is 3. The maximum Gasteiger partial charge on any atom is 0.573 e. The van der Waals surface area contributed by atoms with E-state index in [0.717, 1.165) is 19.1 Å². The summed E-state index contributed by atoms with van der Waals surface area (Å²) in [5.74, 6) is -1.16. The van der Waals surface area contributed by atoms with E-state index in [9.17, 15) is 22.8 Å². The molecule has 0 fully saturated rings. The summed E-state index contributed by atoms with van der Waals surface area (Å²) in [6.45, 7) is 1.15. The van der Waals surface area contributed by atoms with E-state index in [1.54, 1.807) is 0 Å². The van der Waals surface area contributed by atoms with E-state index in [0.29, 0.717) is 0 Å². The van der Waals surface area contributed by atoms with Crippen molar-refractivity contribution in [2.24, 2.45) is 0 Å². The van der Waals surface area contributed by atoms with E-state index in [2.05, 4.69) is 4.74 Å². The summed E-state index contributed by atoms with van der Waals surface area (Å²) in [5.41, 5.74) is -0.375. The van der Waals surface area contributed by atoms with Gasteiger partial charge in [-0.3, -0.25) is 9.59 Å². The highest BCUT2D eigenvalue weighted by atomic mass is 35.5. The van der Waals surface area contributed by atoms with Gasteiger partial charge in [0.05, 0.1) is 5.02 Å². The summed E-state index contributed by atoms with van der Waals surface area (Å²) >= 11 is 5.61. The van der Waals surface area contributed by atoms with Crippen molar-refractivity contribution in [1.29, 1.82) is 0 Å². The van der Waals surface area contributed by atoms with Crippen molar-refractivity contribution in [1.82, 2.24) is 0 Å². The number of halogens is 4. The number of ketones is 1. The molecule has 7 heteroatoms. The van der Waals surface area contributed by atoms with Crippen LogP contribution < -0.4 is 4.74 Å². The second kappa shape index (κ2) is 4.75. The number of alkyl halides is 3. The summed E-state index contributed by atoms with van der Waals surface area (Å²) in [6.07, 6.45) is -4.65. The fraction of sp³-hybridized carbons (Fsp3) is 0.200. The van der Waals surface area contributed by atoms with Crippen molar-refractivity contribution < 1.29 is 27.5 Å². The lowest BCUT2D eigenvalue weighted by Gasteiger charge is -2.11. The molecule has 0 aliphatic carbocycles. The van der Waals surface area contributed by atoms with E-state index in [1.807, 2.05) is 0 Å².